The highest BCUT2D eigenvalue weighted by Gasteiger charge is 2.24. The molecule has 2 rings (SSSR count). The van der Waals surface area contributed by atoms with E-state index >= 15 is 0 Å². The summed E-state index contributed by atoms with van der Waals surface area (Å²) in [5, 5.41) is 0. The molecule has 0 saturated heterocycles. The van der Waals surface area contributed by atoms with Gasteiger partial charge < -0.3 is 16.2 Å². The van der Waals surface area contributed by atoms with Crippen molar-refractivity contribution in [2.75, 3.05) is 13.2 Å². The second-order valence-electron chi connectivity index (χ2n) is 5.36. The molecule has 1 fully saturated rings. The van der Waals surface area contributed by atoms with Crippen LogP contribution in [0.5, 0.6) is 5.75 Å². The fourth-order valence-corrected chi connectivity index (χ4v) is 3.36. The minimum Gasteiger partial charge on any atom is -0.493 e. The lowest BCUT2D eigenvalue weighted by Gasteiger charge is -2.30. The van der Waals surface area contributed by atoms with E-state index in [1.165, 1.54) is 25.7 Å². The van der Waals surface area contributed by atoms with Crippen molar-refractivity contribution < 1.29 is 9.53 Å². The zero-order chi connectivity index (χ0) is 14.5. The fraction of sp³-hybridized carbons (Fsp3) is 0.533. The van der Waals surface area contributed by atoms with E-state index in [0.29, 0.717) is 28.5 Å². The third-order valence-electron chi connectivity index (χ3n) is 4.04. The van der Waals surface area contributed by atoms with Crippen LogP contribution in [0, 0.1) is 11.8 Å². The smallest absolute Gasteiger partial charge is 0.249 e. The van der Waals surface area contributed by atoms with E-state index in [9.17, 15) is 4.79 Å². The minimum absolute atomic E-state index is 0.445. The van der Waals surface area contributed by atoms with Crippen molar-refractivity contribution in [1.29, 1.82) is 0 Å². The average molecular weight is 341 g/mol. The largest absolute Gasteiger partial charge is 0.493 e. The van der Waals surface area contributed by atoms with E-state index in [4.69, 9.17) is 16.2 Å². The SMILES string of the molecule is NCC1CCCCC1COc1ccc(C(N)=O)c(Br)c1. The van der Waals surface area contributed by atoms with Gasteiger partial charge in [0.05, 0.1) is 12.2 Å². The average Bonchev–Trinajstić information content (AvgIpc) is 2.45. The maximum atomic E-state index is 11.2. The Kier molecular flexibility index (Phi) is 5.43. The van der Waals surface area contributed by atoms with Gasteiger partial charge in [-0.15, -0.1) is 0 Å². The molecule has 2 atom stereocenters. The first-order chi connectivity index (χ1) is 9.61. The lowest BCUT2D eigenvalue weighted by Crippen LogP contribution is -2.30. The molecule has 0 radical (unpaired) electrons. The third-order valence-corrected chi connectivity index (χ3v) is 4.70. The Bertz CT molecular complexity index is 479. The van der Waals surface area contributed by atoms with Gasteiger partial charge in [0.25, 0.3) is 0 Å². The number of hydrogen-bond donors (Lipinski definition) is 2. The first kappa shape index (κ1) is 15.3. The molecule has 5 heteroatoms. The number of amides is 1. The van der Waals surface area contributed by atoms with Crippen molar-refractivity contribution in [1.82, 2.24) is 0 Å². The first-order valence-corrected chi connectivity index (χ1v) is 7.83. The summed E-state index contributed by atoms with van der Waals surface area (Å²) >= 11 is 3.34. The molecule has 0 heterocycles. The predicted octanol–water partition coefficient (Wildman–Crippen LogP) is 2.69. The summed E-state index contributed by atoms with van der Waals surface area (Å²) < 4.78 is 6.52. The van der Waals surface area contributed by atoms with Crippen molar-refractivity contribution in [3.63, 3.8) is 0 Å². The summed E-state index contributed by atoms with van der Waals surface area (Å²) in [5.74, 6) is 1.41. The highest BCUT2D eigenvalue weighted by atomic mass is 79.9. The quantitative estimate of drug-likeness (QED) is 0.864. The molecule has 110 valence electrons. The molecule has 20 heavy (non-hydrogen) atoms. The van der Waals surface area contributed by atoms with Gasteiger partial charge in [-0.2, -0.15) is 0 Å². The summed E-state index contributed by atoms with van der Waals surface area (Å²) in [6.07, 6.45) is 4.92. The summed E-state index contributed by atoms with van der Waals surface area (Å²) in [6, 6.07) is 5.26. The number of nitrogens with two attached hydrogens (primary N) is 2. The molecule has 0 bridgehead atoms. The number of rotatable bonds is 5. The van der Waals surface area contributed by atoms with Crippen molar-refractivity contribution in [2.24, 2.45) is 23.3 Å². The van der Waals surface area contributed by atoms with Crippen LogP contribution >= 0.6 is 15.9 Å². The van der Waals surface area contributed by atoms with Crippen LogP contribution in [0.15, 0.2) is 22.7 Å². The lowest BCUT2D eigenvalue weighted by molar-refractivity contribution is 0.0999. The molecule has 0 aromatic heterocycles. The molecular formula is C15H21BrN2O2. The molecule has 1 saturated carbocycles. The van der Waals surface area contributed by atoms with Crippen molar-refractivity contribution in [2.45, 2.75) is 25.7 Å². The van der Waals surface area contributed by atoms with Crippen LogP contribution in [-0.4, -0.2) is 19.1 Å². The van der Waals surface area contributed by atoms with Crippen LogP contribution in [0.2, 0.25) is 0 Å². The number of benzene rings is 1. The molecule has 1 aliphatic carbocycles. The van der Waals surface area contributed by atoms with E-state index in [2.05, 4.69) is 15.9 Å². The first-order valence-electron chi connectivity index (χ1n) is 7.04. The Morgan fingerprint density at radius 1 is 1.30 bits per heavy atom. The van der Waals surface area contributed by atoms with Gasteiger partial charge in [0.1, 0.15) is 5.75 Å². The lowest BCUT2D eigenvalue weighted by atomic mass is 9.80. The van der Waals surface area contributed by atoms with Gasteiger partial charge in [-0.3, -0.25) is 4.79 Å². The van der Waals surface area contributed by atoms with Gasteiger partial charge in [-0.05, 0) is 65.4 Å². The highest BCUT2D eigenvalue weighted by molar-refractivity contribution is 9.10. The van der Waals surface area contributed by atoms with Crippen LogP contribution in [0.25, 0.3) is 0 Å². The van der Waals surface area contributed by atoms with Gasteiger partial charge in [-0.1, -0.05) is 12.8 Å². The molecule has 1 aromatic carbocycles. The summed E-state index contributed by atoms with van der Waals surface area (Å²) in [7, 11) is 0. The van der Waals surface area contributed by atoms with Crippen LogP contribution in [0.1, 0.15) is 36.0 Å². The number of halogens is 1. The fourth-order valence-electron chi connectivity index (χ4n) is 2.80. The number of primary amides is 1. The molecule has 0 spiro atoms. The Labute approximate surface area is 128 Å². The second-order valence-corrected chi connectivity index (χ2v) is 6.21. The molecule has 1 aromatic rings. The standard InChI is InChI=1S/C15H21BrN2O2/c16-14-7-12(5-6-13(14)15(18)19)20-9-11-4-2-1-3-10(11)8-17/h5-7,10-11H,1-4,8-9,17H2,(H2,18,19). The molecule has 4 N–H and O–H groups in total. The summed E-state index contributed by atoms with van der Waals surface area (Å²) in [4.78, 5) is 11.2. The molecule has 2 unspecified atom stereocenters. The molecule has 1 aliphatic rings. The third kappa shape index (κ3) is 3.73. The molecule has 0 aliphatic heterocycles. The molecule has 4 nitrogen and oxygen atoms in total. The summed E-state index contributed by atoms with van der Waals surface area (Å²) in [6.45, 7) is 1.42. The summed E-state index contributed by atoms with van der Waals surface area (Å²) in [5.41, 5.74) is 11.6. The van der Waals surface area contributed by atoms with E-state index in [-0.39, 0.29) is 0 Å². The maximum Gasteiger partial charge on any atom is 0.249 e. The zero-order valence-corrected chi connectivity index (χ0v) is 13.1. The van der Waals surface area contributed by atoms with E-state index in [0.717, 1.165) is 12.3 Å². The topological polar surface area (TPSA) is 78.3 Å². The Morgan fingerprint density at radius 2 is 2.00 bits per heavy atom. The van der Waals surface area contributed by atoms with E-state index < -0.39 is 5.91 Å². The van der Waals surface area contributed by atoms with Crippen LogP contribution in [0.4, 0.5) is 0 Å². The monoisotopic (exact) mass is 340 g/mol. The Morgan fingerprint density at radius 3 is 2.60 bits per heavy atom. The Balaban J connectivity index is 1.96. The van der Waals surface area contributed by atoms with E-state index in [1.54, 1.807) is 18.2 Å². The van der Waals surface area contributed by atoms with Gasteiger partial charge in [0, 0.05) is 4.47 Å². The predicted molar refractivity (Wildman–Crippen MR) is 82.7 cm³/mol. The van der Waals surface area contributed by atoms with Crippen molar-refractivity contribution in [3.8, 4) is 5.75 Å². The second kappa shape index (κ2) is 7.09. The number of carbonyl (C=O) groups excluding carboxylic acids is 1. The van der Waals surface area contributed by atoms with Gasteiger partial charge in [-0.25, -0.2) is 0 Å². The van der Waals surface area contributed by atoms with Gasteiger partial charge in [0.15, 0.2) is 0 Å². The highest BCUT2D eigenvalue weighted by Crippen LogP contribution is 2.30. The minimum atomic E-state index is -0.445. The molecular weight excluding hydrogens is 320 g/mol. The van der Waals surface area contributed by atoms with Gasteiger partial charge in [0.2, 0.25) is 5.91 Å². The Hall–Kier alpha value is -1.07. The van der Waals surface area contributed by atoms with Gasteiger partial charge >= 0.3 is 0 Å². The molecule has 1 amide bonds. The van der Waals surface area contributed by atoms with Crippen molar-refractivity contribution in [3.05, 3.63) is 28.2 Å². The number of hydrogen-bond acceptors (Lipinski definition) is 3. The maximum absolute atomic E-state index is 11.2. The normalized spacial score (nSPS) is 22.5. The zero-order valence-electron chi connectivity index (χ0n) is 11.5. The van der Waals surface area contributed by atoms with E-state index in [1.807, 2.05) is 0 Å². The van der Waals surface area contributed by atoms with Crippen LogP contribution < -0.4 is 16.2 Å². The van der Waals surface area contributed by atoms with Crippen molar-refractivity contribution >= 4 is 21.8 Å². The number of ether oxygens (including phenoxy) is 1. The van der Waals surface area contributed by atoms with Crippen LogP contribution in [-0.2, 0) is 0 Å². The van der Waals surface area contributed by atoms with Crippen LogP contribution in [0.3, 0.4) is 0 Å². The number of carbonyl (C=O) groups is 1.